The van der Waals surface area contributed by atoms with Gasteiger partial charge in [0.2, 0.25) is 0 Å². The third kappa shape index (κ3) is 5.24. The van der Waals surface area contributed by atoms with E-state index in [1.54, 1.807) is 12.5 Å². The van der Waals surface area contributed by atoms with E-state index in [1.807, 2.05) is 43.3 Å². The molecule has 0 unspecified atom stereocenters. The summed E-state index contributed by atoms with van der Waals surface area (Å²) in [6, 6.07) is 16.2. The van der Waals surface area contributed by atoms with E-state index in [9.17, 15) is 4.79 Å². The Labute approximate surface area is 185 Å². The molecule has 0 aliphatic heterocycles. The van der Waals surface area contributed by atoms with Gasteiger partial charge in [0.05, 0.1) is 10.3 Å². The first-order valence-electron chi connectivity index (χ1n) is 10.4. The first kappa shape index (κ1) is 20.9. The topological polar surface area (TPSA) is 79.8 Å². The molecule has 0 saturated carbocycles. The van der Waals surface area contributed by atoms with Gasteiger partial charge in [-0.3, -0.25) is 9.78 Å². The number of nitrogens with zero attached hydrogens (tertiary/aromatic N) is 3. The molecule has 2 N–H and O–H groups in total. The number of hydrogen-bond acceptors (Lipinski definition) is 6. The van der Waals surface area contributed by atoms with E-state index >= 15 is 0 Å². The van der Waals surface area contributed by atoms with Crippen LogP contribution in [0.2, 0.25) is 0 Å². The summed E-state index contributed by atoms with van der Waals surface area (Å²) in [7, 11) is 0. The largest absolute Gasteiger partial charge is 0.369 e. The molecule has 0 spiro atoms. The van der Waals surface area contributed by atoms with Crippen LogP contribution in [0.15, 0.2) is 61.1 Å². The quantitative estimate of drug-likeness (QED) is 0.384. The molecule has 0 aliphatic rings. The first-order valence-corrected chi connectivity index (χ1v) is 11.2. The maximum atomic E-state index is 12.8. The fourth-order valence-electron chi connectivity index (χ4n) is 3.50. The second-order valence-electron chi connectivity index (χ2n) is 7.30. The third-order valence-corrected chi connectivity index (χ3v) is 6.30. The van der Waals surface area contributed by atoms with E-state index in [4.69, 9.17) is 0 Å². The van der Waals surface area contributed by atoms with Crippen molar-refractivity contribution >= 4 is 33.3 Å². The summed E-state index contributed by atoms with van der Waals surface area (Å²) >= 11 is 1.41. The van der Waals surface area contributed by atoms with Crippen LogP contribution < -0.4 is 10.6 Å². The zero-order valence-corrected chi connectivity index (χ0v) is 18.3. The van der Waals surface area contributed by atoms with Gasteiger partial charge in [-0.1, -0.05) is 36.4 Å². The number of rotatable bonds is 9. The van der Waals surface area contributed by atoms with E-state index in [1.165, 1.54) is 16.9 Å². The number of carbonyl (C=O) groups is 1. The zero-order valence-electron chi connectivity index (χ0n) is 17.5. The van der Waals surface area contributed by atoms with Gasteiger partial charge in [0.15, 0.2) is 0 Å². The van der Waals surface area contributed by atoms with Crippen LogP contribution >= 0.6 is 11.3 Å². The number of pyridine rings is 1. The molecule has 0 aliphatic carbocycles. The second-order valence-corrected chi connectivity index (χ2v) is 8.30. The van der Waals surface area contributed by atoms with Gasteiger partial charge in [-0.25, -0.2) is 9.97 Å². The number of amides is 1. The van der Waals surface area contributed by atoms with Crippen molar-refractivity contribution in [1.82, 2.24) is 20.3 Å². The van der Waals surface area contributed by atoms with Crippen LogP contribution in [-0.2, 0) is 12.8 Å². The normalized spacial score (nSPS) is 10.9. The average Bonchev–Trinajstić information content (AvgIpc) is 3.15. The first-order chi connectivity index (χ1) is 15.2. The van der Waals surface area contributed by atoms with Gasteiger partial charge >= 0.3 is 0 Å². The van der Waals surface area contributed by atoms with Crippen LogP contribution in [0.4, 0.5) is 5.82 Å². The summed E-state index contributed by atoms with van der Waals surface area (Å²) in [6.45, 7) is 3.31. The Hall–Kier alpha value is -3.32. The summed E-state index contributed by atoms with van der Waals surface area (Å²) in [6.07, 6.45) is 5.99. The molecule has 4 rings (SSSR count). The number of nitrogens with one attached hydrogen (secondary N) is 2. The molecular formula is C24H25N5OS. The lowest BCUT2D eigenvalue weighted by Gasteiger charge is -2.07. The molecule has 0 bridgehead atoms. The number of thiophene rings is 1. The molecule has 1 aromatic carbocycles. The Balaban J connectivity index is 1.38. The monoisotopic (exact) mass is 431 g/mol. The van der Waals surface area contributed by atoms with Crippen molar-refractivity contribution in [3.05, 3.63) is 82.8 Å². The molecule has 0 fully saturated rings. The molecule has 7 heteroatoms. The number of hydrogen-bond donors (Lipinski definition) is 2. The van der Waals surface area contributed by atoms with Gasteiger partial charge in [-0.15, -0.1) is 11.3 Å². The minimum absolute atomic E-state index is 0.0482. The predicted octanol–water partition coefficient (Wildman–Crippen LogP) is 4.41. The molecule has 6 nitrogen and oxygen atoms in total. The Kier molecular flexibility index (Phi) is 6.84. The van der Waals surface area contributed by atoms with Crippen molar-refractivity contribution in [1.29, 1.82) is 0 Å². The number of fused-ring (bicyclic) bond motifs is 1. The summed E-state index contributed by atoms with van der Waals surface area (Å²) < 4.78 is 0. The van der Waals surface area contributed by atoms with Crippen molar-refractivity contribution in [2.24, 2.45) is 0 Å². The van der Waals surface area contributed by atoms with Crippen LogP contribution in [0.3, 0.4) is 0 Å². The highest BCUT2D eigenvalue weighted by Crippen LogP contribution is 2.33. The predicted molar refractivity (Wildman–Crippen MR) is 126 cm³/mol. The molecule has 3 heterocycles. The smallest absolute Gasteiger partial charge is 0.261 e. The van der Waals surface area contributed by atoms with E-state index in [-0.39, 0.29) is 5.91 Å². The maximum Gasteiger partial charge on any atom is 0.261 e. The number of anilines is 1. The van der Waals surface area contributed by atoms with Gasteiger partial charge in [0.25, 0.3) is 5.91 Å². The van der Waals surface area contributed by atoms with Crippen LogP contribution in [0.1, 0.15) is 32.9 Å². The summed E-state index contributed by atoms with van der Waals surface area (Å²) in [5.41, 5.74) is 3.23. The maximum absolute atomic E-state index is 12.8. The van der Waals surface area contributed by atoms with Crippen molar-refractivity contribution in [3.63, 3.8) is 0 Å². The number of aryl methyl sites for hydroxylation is 2. The lowest BCUT2D eigenvalue weighted by molar-refractivity contribution is 0.0957. The highest BCUT2D eigenvalue weighted by Gasteiger charge is 2.19. The Morgan fingerprint density at radius 1 is 0.968 bits per heavy atom. The number of carbonyl (C=O) groups excluding carboxylic acids is 1. The minimum Gasteiger partial charge on any atom is -0.369 e. The highest BCUT2D eigenvalue weighted by atomic mass is 32.1. The summed E-state index contributed by atoms with van der Waals surface area (Å²) in [4.78, 5) is 27.4. The minimum atomic E-state index is -0.0482. The Morgan fingerprint density at radius 3 is 2.61 bits per heavy atom. The van der Waals surface area contributed by atoms with Crippen LogP contribution in [0.5, 0.6) is 0 Å². The van der Waals surface area contributed by atoms with Gasteiger partial charge < -0.3 is 10.6 Å². The second kappa shape index (κ2) is 10.1. The fourth-order valence-corrected chi connectivity index (χ4v) is 4.56. The average molecular weight is 432 g/mol. The summed E-state index contributed by atoms with van der Waals surface area (Å²) in [5.74, 6) is 0.714. The molecule has 0 atom stereocenters. The van der Waals surface area contributed by atoms with E-state index in [2.05, 4.69) is 37.7 Å². The molecule has 4 aromatic rings. The standard InChI is InChI=1S/C24H25N5OS/c1-17-20-22(26-15-12-19-11-5-6-13-25-19)28-16-29-24(20)31-21(17)23(30)27-14-7-10-18-8-3-2-4-9-18/h2-6,8-9,11,13,16H,7,10,12,14-15H2,1H3,(H,27,30)(H,26,28,29). The number of aromatic nitrogens is 3. The van der Waals surface area contributed by atoms with E-state index < -0.39 is 0 Å². The molecule has 3 aromatic heterocycles. The molecule has 0 saturated heterocycles. The Morgan fingerprint density at radius 2 is 1.81 bits per heavy atom. The van der Waals surface area contributed by atoms with Crippen LogP contribution in [0, 0.1) is 6.92 Å². The van der Waals surface area contributed by atoms with Crippen molar-refractivity contribution in [3.8, 4) is 0 Å². The highest BCUT2D eigenvalue weighted by molar-refractivity contribution is 7.20. The fraction of sp³-hybridized carbons (Fsp3) is 0.250. The summed E-state index contributed by atoms with van der Waals surface area (Å²) in [5, 5.41) is 7.35. The number of benzene rings is 1. The zero-order chi connectivity index (χ0) is 21.5. The van der Waals surface area contributed by atoms with Gasteiger partial charge in [0, 0.05) is 31.4 Å². The van der Waals surface area contributed by atoms with Gasteiger partial charge in [-0.05, 0) is 43.0 Å². The van der Waals surface area contributed by atoms with Gasteiger partial charge in [0.1, 0.15) is 17.0 Å². The molecule has 0 radical (unpaired) electrons. The van der Waals surface area contributed by atoms with E-state index in [0.29, 0.717) is 18.0 Å². The lowest BCUT2D eigenvalue weighted by atomic mass is 10.1. The molecular weight excluding hydrogens is 406 g/mol. The van der Waals surface area contributed by atoms with Crippen LogP contribution in [-0.4, -0.2) is 33.9 Å². The van der Waals surface area contributed by atoms with Crippen LogP contribution in [0.25, 0.3) is 10.2 Å². The molecule has 1 amide bonds. The van der Waals surface area contributed by atoms with Gasteiger partial charge in [-0.2, -0.15) is 0 Å². The Bertz CT molecular complexity index is 1140. The van der Waals surface area contributed by atoms with E-state index in [0.717, 1.165) is 46.6 Å². The van der Waals surface area contributed by atoms with Crippen molar-refractivity contribution < 1.29 is 4.79 Å². The SMILES string of the molecule is Cc1c(C(=O)NCCCc2ccccc2)sc2ncnc(NCCc3ccccn3)c12. The molecule has 31 heavy (non-hydrogen) atoms. The molecule has 158 valence electrons. The van der Waals surface area contributed by atoms with Crippen molar-refractivity contribution in [2.75, 3.05) is 18.4 Å². The lowest BCUT2D eigenvalue weighted by Crippen LogP contribution is -2.24. The third-order valence-electron chi connectivity index (χ3n) is 5.10. The van der Waals surface area contributed by atoms with Crippen molar-refractivity contribution in [2.45, 2.75) is 26.2 Å².